The van der Waals surface area contributed by atoms with Gasteiger partial charge in [0.2, 0.25) is 0 Å². The Morgan fingerprint density at radius 3 is 2.30 bits per heavy atom. The number of likely N-dealkylation sites (tertiary alicyclic amines) is 1. The lowest BCUT2D eigenvalue weighted by Crippen LogP contribution is -2.60. The molecule has 140 valence electrons. The van der Waals surface area contributed by atoms with E-state index in [9.17, 15) is 14.7 Å². The van der Waals surface area contributed by atoms with E-state index in [-0.39, 0.29) is 19.1 Å². The summed E-state index contributed by atoms with van der Waals surface area (Å²) < 4.78 is 5.59. The van der Waals surface area contributed by atoms with Gasteiger partial charge in [0, 0.05) is 12.5 Å². The molecule has 0 bridgehead atoms. The summed E-state index contributed by atoms with van der Waals surface area (Å²) in [4.78, 5) is 25.3. The number of nitrogens with zero attached hydrogens (tertiary/aromatic N) is 1. The topological polar surface area (TPSA) is 92.9 Å². The lowest BCUT2D eigenvalue weighted by Gasteiger charge is -2.36. The first-order chi connectivity index (χ1) is 13.0. The Morgan fingerprint density at radius 2 is 1.70 bits per heavy atom. The fourth-order valence-electron chi connectivity index (χ4n) is 4.10. The molecule has 6 nitrogen and oxygen atoms in total. The van der Waals surface area contributed by atoms with Gasteiger partial charge in [-0.05, 0) is 35.1 Å². The monoisotopic (exact) mass is 366 g/mol. The van der Waals surface area contributed by atoms with Gasteiger partial charge in [-0.1, -0.05) is 48.5 Å². The zero-order chi connectivity index (χ0) is 19.0. The Morgan fingerprint density at radius 1 is 1.11 bits per heavy atom. The molecule has 2 aromatic carbocycles. The Balaban J connectivity index is 1.49. The summed E-state index contributed by atoms with van der Waals surface area (Å²) in [6.07, 6.45) is 0.398. The first-order valence-electron chi connectivity index (χ1n) is 9.12. The predicted molar refractivity (Wildman–Crippen MR) is 100 cm³/mol. The van der Waals surface area contributed by atoms with Crippen LogP contribution < -0.4 is 5.73 Å². The summed E-state index contributed by atoms with van der Waals surface area (Å²) in [7, 11) is 0. The summed E-state index contributed by atoms with van der Waals surface area (Å²) in [5.74, 6) is -1.10. The largest absolute Gasteiger partial charge is 0.480 e. The summed E-state index contributed by atoms with van der Waals surface area (Å²) in [5, 5.41) is 9.31. The number of aliphatic carboxylic acids is 1. The van der Waals surface area contributed by atoms with Gasteiger partial charge in [0.05, 0.1) is 6.54 Å². The number of hydrogen-bond acceptors (Lipinski definition) is 4. The Labute approximate surface area is 157 Å². The van der Waals surface area contributed by atoms with E-state index in [0.29, 0.717) is 19.4 Å². The number of piperidine rings is 1. The number of rotatable bonds is 3. The van der Waals surface area contributed by atoms with Gasteiger partial charge in [0.25, 0.3) is 0 Å². The maximum absolute atomic E-state index is 12.5. The fourth-order valence-corrected chi connectivity index (χ4v) is 4.10. The molecule has 0 spiro atoms. The van der Waals surface area contributed by atoms with Crippen molar-refractivity contribution >= 4 is 12.1 Å². The van der Waals surface area contributed by atoms with Crippen LogP contribution in [0.5, 0.6) is 0 Å². The first kappa shape index (κ1) is 17.5. The van der Waals surface area contributed by atoms with Crippen molar-refractivity contribution in [1.29, 1.82) is 0 Å². The van der Waals surface area contributed by atoms with Gasteiger partial charge < -0.3 is 20.5 Å². The van der Waals surface area contributed by atoms with E-state index in [1.807, 2.05) is 24.3 Å². The second-order valence-corrected chi connectivity index (χ2v) is 7.29. The molecule has 3 N–H and O–H groups in total. The van der Waals surface area contributed by atoms with Crippen LogP contribution in [0, 0.1) is 0 Å². The van der Waals surface area contributed by atoms with Crippen molar-refractivity contribution in [3.05, 3.63) is 59.7 Å². The molecule has 1 fully saturated rings. The zero-order valence-corrected chi connectivity index (χ0v) is 14.9. The quantitative estimate of drug-likeness (QED) is 0.871. The molecule has 1 atom stereocenters. The third-order valence-electron chi connectivity index (χ3n) is 5.54. The third kappa shape index (κ3) is 3.06. The smallest absolute Gasteiger partial charge is 0.409 e. The number of hydrogen-bond donors (Lipinski definition) is 2. The van der Waals surface area contributed by atoms with Crippen LogP contribution >= 0.6 is 0 Å². The number of carbonyl (C=O) groups is 2. The number of carbonyl (C=O) groups excluding carboxylic acids is 1. The molecule has 1 aliphatic heterocycles. The second-order valence-electron chi connectivity index (χ2n) is 7.29. The van der Waals surface area contributed by atoms with E-state index < -0.39 is 17.6 Å². The van der Waals surface area contributed by atoms with Crippen molar-refractivity contribution in [3.63, 3.8) is 0 Å². The normalized spacial score (nSPS) is 21.4. The lowest BCUT2D eigenvalue weighted by molar-refractivity contribution is -0.145. The van der Waals surface area contributed by atoms with Crippen LogP contribution in [-0.2, 0) is 9.53 Å². The highest BCUT2D eigenvalue weighted by atomic mass is 16.6. The standard InChI is InChI=1S/C21H22N2O4/c22-21(19(24)25)10-5-11-23(13-21)20(26)27-12-18-16-8-3-1-6-14(16)15-7-2-4-9-17(15)18/h1-4,6-9,18H,5,10-13,22H2,(H,24,25). The molecule has 0 saturated carbocycles. The molecule has 1 amide bonds. The summed E-state index contributed by atoms with van der Waals surface area (Å²) in [5.41, 5.74) is 9.14. The van der Waals surface area contributed by atoms with E-state index in [1.54, 1.807) is 0 Å². The molecule has 4 rings (SSSR count). The van der Waals surface area contributed by atoms with Gasteiger partial charge in [-0.25, -0.2) is 4.79 Å². The van der Waals surface area contributed by atoms with Crippen LogP contribution in [0.1, 0.15) is 29.9 Å². The van der Waals surface area contributed by atoms with Gasteiger partial charge >= 0.3 is 12.1 Å². The number of amides is 1. The highest BCUT2D eigenvalue weighted by Crippen LogP contribution is 2.44. The molecule has 27 heavy (non-hydrogen) atoms. The highest BCUT2D eigenvalue weighted by Gasteiger charge is 2.41. The summed E-state index contributed by atoms with van der Waals surface area (Å²) in [6, 6.07) is 16.3. The maximum Gasteiger partial charge on any atom is 0.409 e. The Kier molecular flexibility index (Phi) is 4.36. The van der Waals surface area contributed by atoms with Crippen molar-refractivity contribution in [3.8, 4) is 11.1 Å². The van der Waals surface area contributed by atoms with Gasteiger partial charge in [-0.3, -0.25) is 4.79 Å². The van der Waals surface area contributed by atoms with Crippen LogP contribution in [0.2, 0.25) is 0 Å². The van der Waals surface area contributed by atoms with Crippen LogP contribution in [0.15, 0.2) is 48.5 Å². The zero-order valence-electron chi connectivity index (χ0n) is 14.9. The number of nitrogens with two attached hydrogens (primary N) is 1. The molecule has 2 aliphatic rings. The molecule has 0 aromatic heterocycles. The van der Waals surface area contributed by atoms with Crippen LogP contribution in [0.3, 0.4) is 0 Å². The minimum absolute atomic E-state index is 0.0201. The number of fused-ring (bicyclic) bond motifs is 3. The van der Waals surface area contributed by atoms with E-state index in [1.165, 1.54) is 16.0 Å². The van der Waals surface area contributed by atoms with Crippen LogP contribution in [0.4, 0.5) is 4.79 Å². The molecule has 2 aromatic rings. The van der Waals surface area contributed by atoms with Crippen molar-refractivity contribution in [2.75, 3.05) is 19.7 Å². The minimum Gasteiger partial charge on any atom is -0.480 e. The predicted octanol–water partition coefficient (Wildman–Crippen LogP) is 2.81. The fraction of sp³-hybridized carbons (Fsp3) is 0.333. The Bertz CT molecular complexity index is 852. The number of benzene rings is 2. The van der Waals surface area contributed by atoms with Crippen molar-refractivity contribution < 1.29 is 19.4 Å². The summed E-state index contributed by atoms with van der Waals surface area (Å²) in [6.45, 7) is 0.649. The highest BCUT2D eigenvalue weighted by molar-refractivity contribution is 5.81. The van der Waals surface area contributed by atoms with E-state index in [2.05, 4.69) is 24.3 Å². The lowest BCUT2D eigenvalue weighted by atomic mass is 9.90. The molecule has 6 heteroatoms. The molecule has 0 radical (unpaired) electrons. The maximum atomic E-state index is 12.5. The molecule has 1 saturated heterocycles. The van der Waals surface area contributed by atoms with Gasteiger partial charge in [-0.15, -0.1) is 0 Å². The summed E-state index contributed by atoms with van der Waals surface area (Å²) >= 11 is 0. The van der Waals surface area contributed by atoms with Crippen molar-refractivity contribution in [2.45, 2.75) is 24.3 Å². The first-order valence-corrected chi connectivity index (χ1v) is 9.12. The van der Waals surface area contributed by atoms with Gasteiger partial charge in [0.1, 0.15) is 12.1 Å². The molecule has 1 aliphatic carbocycles. The van der Waals surface area contributed by atoms with Crippen LogP contribution in [-0.4, -0.2) is 47.3 Å². The molecular formula is C21H22N2O4. The average molecular weight is 366 g/mol. The van der Waals surface area contributed by atoms with E-state index in [0.717, 1.165) is 11.1 Å². The molecule has 1 heterocycles. The third-order valence-corrected chi connectivity index (χ3v) is 5.54. The number of ether oxygens (including phenoxy) is 1. The van der Waals surface area contributed by atoms with Gasteiger partial charge in [0.15, 0.2) is 0 Å². The van der Waals surface area contributed by atoms with E-state index in [4.69, 9.17) is 10.5 Å². The SMILES string of the molecule is NC1(C(=O)O)CCCN(C(=O)OCC2c3ccccc3-c3ccccc32)C1. The average Bonchev–Trinajstić information content (AvgIpc) is 3.00. The van der Waals surface area contributed by atoms with Crippen molar-refractivity contribution in [2.24, 2.45) is 5.73 Å². The minimum atomic E-state index is -1.40. The number of carboxylic acids is 1. The molecule has 1 unspecified atom stereocenters. The number of carboxylic acid groups (broad SMARTS) is 1. The molecular weight excluding hydrogens is 344 g/mol. The second kappa shape index (κ2) is 6.70. The van der Waals surface area contributed by atoms with Crippen molar-refractivity contribution in [1.82, 2.24) is 4.90 Å². The Hall–Kier alpha value is -2.86. The van der Waals surface area contributed by atoms with Crippen LogP contribution in [0.25, 0.3) is 11.1 Å². The van der Waals surface area contributed by atoms with E-state index >= 15 is 0 Å². The van der Waals surface area contributed by atoms with Gasteiger partial charge in [-0.2, -0.15) is 0 Å².